The molecule has 1 aliphatic heterocycles. The highest BCUT2D eigenvalue weighted by molar-refractivity contribution is 7.16. The molecule has 3 aliphatic rings. The number of benzene rings is 9. The number of carbonyl (C=O) groups excluding carboxylic acids is 2. The smallest absolute Gasteiger partial charge is 0.250 e. The summed E-state index contributed by atoms with van der Waals surface area (Å²) in [6, 6.07) is 57.4. The van der Waals surface area contributed by atoms with Crippen molar-refractivity contribution in [3.05, 3.63) is 260 Å². The van der Waals surface area contributed by atoms with Crippen LogP contribution in [-0.2, 0) is 47.0 Å². The summed E-state index contributed by atoms with van der Waals surface area (Å²) in [7, 11) is 21.8. The van der Waals surface area contributed by atoms with Gasteiger partial charge in [-0.05, 0) is 136 Å². The van der Waals surface area contributed by atoms with Crippen molar-refractivity contribution in [2.75, 3.05) is 150 Å². The standard InChI is InChI=1S/C31H37N7O3.C28H32N6O4.C28H27N5O4.C25H22ClN5O2S/c1-31(2,30(39)36-11-9-32-10-12-36)38-20-22(17-34-38)29-18-33-27-8-7-23(15-28(27)35-29)37(19-21-5-6-21)24-13-25(40-3)16-26(14-24)41-4;1-36-9-8-29-28(35)18-33-17-20(14-31-33)27-15-30-25-7-6-21(12-26(25)32-27)34(16-19-4-5-19)22-10-23(37-2)13-24(11-22)38-3;1-32-17-18(15-30-32)28-16-29-26-7-6-19(12-27(26)31-28)33(20-8-22(34-2)13-23(9-20)35-3)21-10-24(36-4)14-25(11-21)37-5;1-30-14-16(12-28-30)24-13-27-22-6-4-17(10-23(22)29-24)31(15-21-5-7-25(26)34-21)18-8-19(32-2)11-20(9-18)33-3/h7-8,13-18,20-21,32H,5-6,9-12,19H2,1-4H3;6-7,10-15,17,19H,4-5,8-9,16,18H2,1-3H3,(H,29,35);6-17H,1-5H3;4-14H,15H2,1-3H3. The number of piperazine rings is 1. The summed E-state index contributed by atoms with van der Waals surface area (Å²) in [5, 5.41) is 23.5. The lowest BCUT2D eigenvalue weighted by atomic mass is 10.0. The fraction of sp³-hybridized carbons (Fsp3) is 0.286. The predicted octanol–water partition coefficient (Wildman–Crippen LogP) is 19.7. The van der Waals surface area contributed by atoms with Crippen LogP contribution in [0.2, 0.25) is 4.34 Å². The zero-order valence-electron chi connectivity index (χ0n) is 86.2. The number of carbonyl (C=O) groups is 2. The summed E-state index contributed by atoms with van der Waals surface area (Å²) >= 11 is 7.78. The molecule has 2 saturated carbocycles. The van der Waals surface area contributed by atoms with Crippen molar-refractivity contribution in [3.8, 4) is 103 Å². The van der Waals surface area contributed by atoms with E-state index in [1.165, 1.54) is 25.7 Å². The van der Waals surface area contributed by atoms with Gasteiger partial charge in [0.05, 0.1) is 216 Å². The highest BCUT2D eigenvalue weighted by Crippen LogP contribution is 2.47. The molecule has 1 saturated heterocycles. The van der Waals surface area contributed by atoms with E-state index < -0.39 is 5.54 Å². The molecule has 2 N–H and O–H groups in total. The minimum absolute atomic E-state index is 0.0628. The lowest BCUT2D eigenvalue weighted by Crippen LogP contribution is -2.53. The Morgan fingerprint density at radius 2 is 0.740 bits per heavy atom. The van der Waals surface area contributed by atoms with Gasteiger partial charge < -0.3 is 87.2 Å². The first-order valence-electron chi connectivity index (χ1n) is 48.9. The first kappa shape index (κ1) is 103. The molecule has 21 rings (SSSR count). The molecule has 2 aliphatic carbocycles. The Morgan fingerprint density at radius 1 is 0.393 bits per heavy atom. The quantitative estimate of drug-likeness (QED) is 0.0344. The van der Waals surface area contributed by atoms with Crippen LogP contribution in [0.3, 0.4) is 0 Å². The third kappa shape index (κ3) is 24.9. The number of aromatic nitrogens is 16. The van der Waals surface area contributed by atoms with E-state index in [4.69, 9.17) is 88.6 Å². The van der Waals surface area contributed by atoms with Crippen molar-refractivity contribution in [1.82, 2.24) is 94.5 Å². The molecule has 150 heavy (non-hydrogen) atoms. The van der Waals surface area contributed by atoms with E-state index in [2.05, 4.69) is 89.8 Å². The molecule has 2 amide bonds. The summed E-state index contributed by atoms with van der Waals surface area (Å²) in [6.45, 7) is 10.3. The van der Waals surface area contributed by atoms with Gasteiger partial charge in [-0.3, -0.25) is 48.3 Å². The molecule has 0 radical (unpaired) electrons. The van der Waals surface area contributed by atoms with Crippen molar-refractivity contribution in [2.24, 2.45) is 25.9 Å². The van der Waals surface area contributed by atoms with Crippen LogP contribution in [-0.4, -0.2) is 226 Å². The van der Waals surface area contributed by atoms with Gasteiger partial charge in [-0.15, -0.1) is 11.3 Å². The molecule has 0 bridgehead atoms. The third-order valence-electron chi connectivity index (χ3n) is 25.9. The fourth-order valence-corrected chi connectivity index (χ4v) is 18.5. The molecule has 38 heteroatoms. The first-order valence-corrected chi connectivity index (χ1v) is 50.1. The van der Waals surface area contributed by atoms with Gasteiger partial charge in [0, 0.05) is 250 Å². The lowest BCUT2D eigenvalue weighted by Gasteiger charge is -2.34. The van der Waals surface area contributed by atoms with E-state index in [0.29, 0.717) is 90.5 Å². The van der Waals surface area contributed by atoms with E-state index in [1.807, 2.05) is 203 Å². The Hall–Kier alpha value is -16.8. The van der Waals surface area contributed by atoms with Gasteiger partial charge in [0.2, 0.25) is 11.8 Å². The number of rotatable bonds is 36. The molecule has 3 fully saturated rings. The number of amides is 2. The summed E-state index contributed by atoms with van der Waals surface area (Å²) in [5.74, 6) is 8.28. The van der Waals surface area contributed by atoms with Crippen LogP contribution in [0.5, 0.6) is 57.5 Å². The molecular formula is C112H118ClN23O13S. The molecular weight excluding hydrogens is 1940 g/mol. The molecule has 0 unspecified atom stereocenters. The number of aryl methyl sites for hydroxylation is 2. The second-order valence-electron chi connectivity index (χ2n) is 36.7. The molecule has 9 aromatic heterocycles. The van der Waals surface area contributed by atoms with E-state index >= 15 is 0 Å². The fourth-order valence-electron chi connectivity index (χ4n) is 17.4. The maximum Gasteiger partial charge on any atom is 0.250 e. The molecule has 9 aromatic carbocycles. The lowest BCUT2D eigenvalue weighted by molar-refractivity contribution is -0.140. The minimum atomic E-state index is -0.811. The van der Waals surface area contributed by atoms with Crippen LogP contribution in [0, 0.1) is 11.8 Å². The molecule has 0 spiro atoms. The molecule has 18 aromatic rings. The Bertz CT molecular complexity index is 7650. The van der Waals surface area contributed by atoms with Crippen molar-refractivity contribution < 1.29 is 61.7 Å². The summed E-state index contributed by atoms with van der Waals surface area (Å²) in [5.41, 5.74) is 20.3. The second kappa shape index (κ2) is 47.0. The van der Waals surface area contributed by atoms with Crippen molar-refractivity contribution in [3.63, 3.8) is 0 Å². The van der Waals surface area contributed by atoms with Gasteiger partial charge in [0.15, 0.2) is 0 Å². The third-order valence-corrected chi connectivity index (χ3v) is 27.1. The number of hydrogen-bond acceptors (Lipinski definition) is 31. The number of nitrogens with one attached hydrogen (secondary N) is 2. The second-order valence-corrected chi connectivity index (χ2v) is 38.5. The Balaban J connectivity index is 0.000000131. The maximum atomic E-state index is 13.3. The van der Waals surface area contributed by atoms with E-state index in [-0.39, 0.29) is 18.4 Å². The SMILES string of the molecule is COCCNC(=O)Cn1cc(-c2cnc3ccc(N(CC4CC4)c4cc(OC)cc(OC)c4)cc3n2)cn1.COc1cc(OC)cc(N(CC2CC2)c2ccc3ncc(-c4cnn(C(C)(C)C(=O)N5CCNCC5)c4)nc3c2)c1.COc1cc(OC)cc(N(Cc2ccc(Cl)s2)c2ccc3ncc(-c4cnn(C)c4)nc3c2)c1.COc1cc(OC)cc(N(c2cc(OC)cc(OC)c2)c2ccc3ncc(-c4cnn(C)c4)nc3c2)c1. The van der Waals surface area contributed by atoms with Gasteiger partial charge >= 0.3 is 0 Å². The van der Waals surface area contributed by atoms with Gasteiger partial charge in [-0.1, -0.05) is 11.6 Å². The maximum absolute atomic E-state index is 13.3. The van der Waals surface area contributed by atoms with E-state index in [9.17, 15) is 9.59 Å². The Morgan fingerprint density at radius 3 is 1.10 bits per heavy atom. The first-order chi connectivity index (χ1) is 72.9. The summed E-state index contributed by atoms with van der Waals surface area (Å²) in [4.78, 5) is 75.5. The zero-order valence-corrected chi connectivity index (χ0v) is 87.8. The number of hydrogen-bond donors (Lipinski definition) is 2. The number of thiophene rings is 1. The van der Waals surface area contributed by atoms with Crippen molar-refractivity contribution in [2.45, 2.75) is 58.2 Å². The highest BCUT2D eigenvalue weighted by atomic mass is 35.5. The average Bonchev–Trinajstić information content (AvgIpc) is 1.38. The van der Waals surface area contributed by atoms with Crippen molar-refractivity contribution in [1.29, 1.82) is 0 Å². The van der Waals surface area contributed by atoms with Gasteiger partial charge in [0.25, 0.3) is 0 Å². The number of fused-ring (bicyclic) bond motifs is 4. The molecule has 0 atom stereocenters. The van der Waals surface area contributed by atoms with Gasteiger partial charge in [0.1, 0.15) is 69.6 Å². The number of anilines is 9. The molecule has 772 valence electrons. The number of halogens is 1. The monoisotopic (exact) mass is 2060 g/mol. The summed E-state index contributed by atoms with van der Waals surface area (Å²) < 4.78 is 68.0. The minimum Gasteiger partial charge on any atom is -0.497 e. The van der Waals surface area contributed by atoms with Gasteiger partial charge in [-0.25, -0.2) is 19.9 Å². The van der Waals surface area contributed by atoms with E-state index in [0.717, 1.165) is 187 Å². The number of nitrogens with zero attached hydrogens (tertiary/aromatic N) is 21. The van der Waals surface area contributed by atoms with Gasteiger partial charge in [-0.2, -0.15) is 20.4 Å². The van der Waals surface area contributed by atoms with Crippen LogP contribution in [0.25, 0.3) is 89.2 Å². The highest BCUT2D eigenvalue weighted by Gasteiger charge is 2.36. The molecule has 36 nitrogen and oxygen atoms in total. The average molecular weight is 2060 g/mol. The summed E-state index contributed by atoms with van der Waals surface area (Å²) in [6.07, 6.45) is 26.5. The largest absolute Gasteiger partial charge is 0.497 e. The number of ether oxygens (including phenoxy) is 11. The van der Waals surface area contributed by atoms with Crippen molar-refractivity contribution >= 4 is 130 Å². The Labute approximate surface area is 877 Å². The van der Waals surface area contributed by atoms with E-state index in [1.54, 1.807) is 164 Å². The van der Waals surface area contributed by atoms with Crippen LogP contribution < -0.4 is 77.6 Å². The van der Waals surface area contributed by atoms with Crippen LogP contribution in [0.4, 0.5) is 51.2 Å². The topological polar surface area (TPSA) is 350 Å². The predicted molar refractivity (Wildman–Crippen MR) is 583 cm³/mol. The van der Waals surface area contributed by atoms with Crippen LogP contribution in [0.15, 0.2) is 250 Å². The van der Waals surface area contributed by atoms with Crippen LogP contribution >= 0.6 is 22.9 Å². The molecule has 10 heterocycles. The normalized spacial score (nSPS) is 12.7. The Kier molecular flexibility index (Phi) is 32.3. The number of methoxy groups -OCH3 is 11. The zero-order chi connectivity index (χ0) is 105. The van der Waals surface area contributed by atoms with Crippen LogP contribution in [0.1, 0.15) is 44.4 Å².